The first kappa shape index (κ1) is 20.2. The van der Waals surface area contributed by atoms with Gasteiger partial charge in [0.1, 0.15) is 11.7 Å². The van der Waals surface area contributed by atoms with Crippen LogP contribution in [0.1, 0.15) is 32.8 Å². The Bertz CT molecular complexity index is 857. The molecule has 1 atom stereocenters. The number of azo groups is 1. The molecule has 9 heteroatoms. The maximum atomic E-state index is 12.4. The summed E-state index contributed by atoms with van der Waals surface area (Å²) in [6.45, 7) is 6.82. The van der Waals surface area contributed by atoms with Gasteiger partial charge in [-0.25, -0.2) is 0 Å². The van der Waals surface area contributed by atoms with Crippen molar-refractivity contribution in [2.75, 3.05) is 6.61 Å². The van der Waals surface area contributed by atoms with Gasteiger partial charge in [0.2, 0.25) is 0 Å². The topological polar surface area (TPSA) is 131 Å². The van der Waals surface area contributed by atoms with Gasteiger partial charge in [-0.05, 0) is 24.8 Å². The van der Waals surface area contributed by atoms with Gasteiger partial charge in [-0.2, -0.15) is 0 Å². The number of Topliss-reactive ketones (excluding diaryl/α,β-unsaturated/α-hetero) is 1. The number of benzene rings is 1. The number of allylic oxidation sites excluding steroid dienone is 1. The predicted molar refractivity (Wildman–Crippen MR) is 95.5 cm³/mol. The molecule has 0 saturated carbocycles. The third kappa shape index (κ3) is 4.18. The number of non-ortho nitro benzene ring substituents is 1. The molecule has 0 aliphatic heterocycles. The average molecular weight is 375 g/mol. The lowest BCUT2D eigenvalue weighted by molar-refractivity contribution is -0.384. The molecule has 1 aliphatic rings. The number of nitro benzene ring substituents is 1. The highest BCUT2D eigenvalue weighted by molar-refractivity contribution is 5.99. The molecule has 0 bridgehead atoms. The number of nitrogens with zero attached hydrogens (tertiary/aromatic N) is 3. The van der Waals surface area contributed by atoms with Crippen LogP contribution in [0, 0.1) is 28.4 Å². The van der Waals surface area contributed by atoms with E-state index in [1.54, 1.807) is 27.7 Å². The van der Waals surface area contributed by atoms with Crippen LogP contribution in [-0.2, 0) is 14.3 Å². The fourth-order valence-electron chi connectivity index (χ4n) is 2.94. The first-order valence-corrected chi connectivity index (χ1v) is 8.38. The summed E-state index contributed by atoms with van der Waals surface area (Å²) >= 11 is 0. The van der Waals surface area contributed by atoms with Gasteiger partial charge >= 0.3 is 5.97 Å². The number of hydrogen-bond donors (Lipinski definition) is 1. The second kappa shape index (κ2) is 7.65. The van der Waals surface area contributed by atoms with E-state index in [0.717, 1.165) is 0 Å². The zero-order valence-corrected chi connectivity index (χ0v) is 15.6. The Labute approximate surface area is 155 Å². The Morgan fingerprint density at radius 1 is 1.41 bits per heavy atom. The van der Waals surface area contributed by atoms with Gasteiger partial charge in [0.25, 0.3) is 5.69 Å². The zero-order chi connectivity index (χ0) is 20.4. The molecule has 1 aromatic carbocycles. The molecule has 1 aliphatic carbocycles. The second-order valence-corrected chi connectivity index (χ2v) is 6.94. The molecule has 0 radical (unpaired) electrons. The van der Waals surface area contributed by atoms with Crippen molar-refractivity contribution >= 4 is 23.1 Å². The number of carbonyl (C=O) groups excluding carboxylic acids is 2. The molecule has 1 aromatic rings. The van der Waals surface area contributed by atoms with Crippen molar-refractivity contribution in [1.29, 1.82) is 0 Å². The smallest absolute Gasteiger partial charge is 0.317 e. The van der Waals surface area contributed by atoms with Crippen LogP contribution in [0.4, 0.5) is 11.4 Å². The monoisotopic (exact) mass is 375 g/mol. The molecule has 27 heavy (non-hydrogen) atoms. The van der Waals surface area contributed by atoms with Crippen molar-refractivity contribution in [2.45, 2.75) is 34.1 Å². The zero-order valence-electron chi connectivity index (χ0n) is 15.6. The molecule has 0 aromatic heterocycles. The Morgan fingerprint density at radius 2 is 2.07 bits per heavy atom. The van der Waals surface area contributed by atoms with Crippen LogP contribution in [0.3, 0.4) is 0 Å². The van der Waals surface area contributed by atoms with Gasteiger partial charge in [0, 0.05) is 18.6 Å². The van der Waals surface area contributed by atoms with Crippen LogP contribution in [0.25, 0.3) is 0 Å². The first-order valence-electron chi connectivity index (χ1n) is 8.38. The van der Waals surface area contributed by atoms with Crippen LogP contribution >= 0.6 is 0 Å². The molecule has 0 saturated heterocycles. The number of aryl methyl sites for hydroxylation is 1. The van der Waals surface area contributed by atoms with E-state index in [9.17, 15) is 24.8 Å². The average Bonchev–Trinajstić information content (AvgIpc) is 2.54. The fourth-order valence-corrected chi connectivity index (χ4v) is 2.94. The molecule has 1 unspecified atom stereocenters. The number of hydrogen-bond acceptors (Lipinski definition) is 8. The van der Waals surface area contributed by atoms with Crippen LogP contribution in [0.15, 0.2) is 39.9 Å². The fraction of sp³-hybridized carbons (Fsp3) is 0.444. The van der Waals surface area contributed by atoms with Gasteiger partial charge in [-0.15, -0.1) is 10.2 Å². The minimum Gasteiger partial charge on any atom is -0.509 e. The largest absolute Gasteiger partial charge is 0.509 e. The minimum absolute atomic E-state index is 0.0250. The molecule has 0 spiro atoms. The maximum absolute atomic E-state index is 12.4. The Hall–Kier alpha value is -3.10. The van der Waals surface area contributed by atoms with Crippen molar-refractivity contribution < 1.29 is 24.4 Å². The highest BCUT2D eigenvalue weighted by Gasteiger charge is 2.47. The van der Waals surface area contributed by atoms with Gasteiger partial charge in [0.15, 0.2) is 11.5 Å². The number of nitro groups is 1. The van der Waals surface area contributed by atoms with Crippen molar-refractivity contribution in [3.63, 3.8) is 0 Å². The van der Waals surface area contributed by atoms with Crippen molar-refractivity contribution in [3.05, 3.63) is 45.3 Å². The molecule has 144 valence electrons. The number of rotatable bonds is 5. The summed E-state index contributed by atoms with van der Waals surface area (Å²) in [4.78, 5) is 35.0. The first-order chi connectivity index (χ1) is 12.6. The predicted octanol–water partition coefficient (Wildman–Crippen LogP) is 3.93. The summed E-state index contributed by atoms with van der Waals surface area (Å²) in [6.07, 6.45) is -0.0250. The SMILES string of the molecule is CCOC(=O)C1C(O)=C(N=Nc2cc([N+](=O)[O-])ccc2C)C(=O)CC1(C)C. The molecule has 0 amide bonds. The second-order valence-electron chi connectivity index (χ2n) is 6.94. The summed E-state index contributed by atoms with van der Waals surface area (Å²) in [5, 5.41) is 29.1. The highest BCUT2D eigenvalue weighted by atomic mass is 16.6. The van der Waals surface area contributed by atoms with E-state index in [2.05, 4.69) is 10.2 Å². The van der Waals surface area contributed by atoms with Gasteiger partial charge in [0.05, 0.1) is 17.2 Å². The van der Waals surface area contributed by atoms with E-state index in [-0.39, 0.29) is 30.1 Å². The maximum Gasteiger partial charge on any atom is 0.317 e. The molecule has 2 rings (SSSR count). The lowest BCUT2D eigenvalue weighted by Gasteiger charge is -2.35. The van der Waals surface area contributed by atoms with E-state index in [1.165, 1.54) is 18.2 Å². The summed E-state index contributed by atoms with van der Waals surface area (Å²) in [6, 6.07) is 4.06. The van der Waals surface area contributed by atoms with Crippen molar-refractivity contribution in [2.24, 2.45) is 21.6 Å². The summed E-state index contributed by atoms with van der Waals surface area (Å²) in [5.41, 5.74) is -0.551. The molecular formula is C18H21N3O6. The van der Waals surface area contributed by atoms with Gasteiger partial charge in [-0.3, -0.25) is 19.7 Å². The van der Waals surface area contributed by atoms with E-state index in [4.69, 9.17) is 4.74 Å². The lowest BCUT2D eigenvalue weighted by Crippen LogP contribution is -2.40. The van der Waals surface area contributed by atoms with Crippen LogP contribution in [0.2, 0.25) is 0 Å². The third-order valence-electron chi connectivity index (χ3n) is 4.36. The molecule has 0 heterocycles. The van der Waals surface area contributed by atoms with Crippen LogP contribution in [0.5, 0.6) is 0 Å². The lowest BCUT2D eigenvalue weighted by atomic mass is 9.70. The third-order valence-corrected chi connectivity index (χ3v) is 4.36. The van der Waals surface area contributed by atoms with E-state index < -0.39 is 33.8 Å². The number of carbonyl (C=O) groups is 2. The summed E-state index contributed by atoms with van der Waals surface area (Å²) < 4.78 is 5.00. The van der Waals surface area contributed by atoms with E-state index in [1.807, 2.05) is 0 Å². The molecular weight excluding hydrogens is 354 g/mol. The molecule has 0 fully saturated rings. The number of aliphatic hydroxyl groups excluding tert-OH is 1. The minimum atomic E-state index is -1.05. The number of ether oxygens (including phenoxy) is 1. The van der Waals surface area contributed by atoms with Crippen molar-refractivity contribution in [1.82, 2.24) is 0 Å². The van der Waals surface area contributed by atoms with Crippen LogP contribution in [-0.4, -0.2) is 28.4 Å². The highest BCUT2D eigenvalue weighted by Crippen LogP contribution is 2.42. The Morgan fingerprint density at radius 3 is 2.67 bits per heavy atom. The summed E-state index contributed by atoms with van der Waals surface area (Å²) in [5.74, 6) is -2.66. The number of aliphatic hydroxyl groups is 1. The number of ketones is 1. The normalized spacial score (nSPS) is 19.4. The van der Waals surface area contributed by atoms with Gasteiger partial charge < -0.3 is 9.84 Å². The Kier molecular flexibility index (Phi) is 5.72. The molecule has 1 N–H and O–H groups in total. The summed E-state index contributed by atoms with van der Waals surface area (Å²) in [7, 11) is 0. The molecule has 9 nitrogen and oxygen atoms in total. The Balaban J connectivity index is 2.47. The van der Waals surface area contributed by atoms with Crippen LogP contribution < -0.4 is 0 Å². The van der Waals surface area contributed by atoms with E-state index in [0.29, 0.717) is 5.56 Å². The van der Waals surface area contributed by atoms with Gasteiger partial charge in [-0.1, -0.05) is 19.9 Å². The van der Waals surface area contributed by atoms with E-state index >= 15 is 0 Å². The standard InChI is InChI=1S/C18H21N3O6/c1-5-27-17(24)14-16(23)15(13(22)9-18(14,3)4)20-19-12-8-11(21(25)26)7-6-10(12)2/h6-8,14,23H,5,9H2,1-4H3. The number of esters is 1. The quantitative estimate of drug-likeness (QED) is 0.359. The van der Waals surface area contributed by atoms with Crippen molar-refractivity contribution in [3.8, 4) is 0 Å².